The van der Waals surface area contributed by atoms with Gasteiger partial charge < -0.3 is 4.74 Å². The molecule has 0 radical (unpaired) electrons. The Hall–Kier alpha value is 1.45. The van der Waals surface area contributed by atoms with Crippen LogP contribution in [0.1, 0.15) is 12.8 Å². The average Bonchev–Trinajstić information content (AvgIpc) is 2.48. The third-order valence-corrected chi connectivity index (χ3v) is 1.05. The zero-order valence-electron chi connectivity index (χ0n) is 6.53. The van der Waals surface area contributed by atoms with E-state index in [4.69, 9.17) is 0 Å². The van der Waals surface area contributed by atoms with Crippen LogP contribution in [0.15, 0.2) is 0 Å². The molecule has 0 unspecified atom stereocenters. The van der Waals surface area contributed by atoms with E-state index in [1.807, 2.05) is 0 Å². The molecule has 60 valence electrons. The summed E-state index contributed by atoms with van der Waals surface area (Å²) >= 11 is 0. The van der Waals surface area contributed by atoms with Crippen LogP contribution >= 0.6 is 0 Å². The average molecular weight is 192 g/mol. The third-order valence-electron chi connectivity index (χ3n) is 1.05. The Bertz CT molecular complexity index is 79.4. The first kappa shape index (κ1) is 14.9. The van der Waals surface area contributed by atoms with E-state index in [2.05, 4.69) is 11.8 Å². The zero-order valence-corrected chi connectivity index (χ0v) is 9.65. The smallest absolute Gasteiger partial charge is 0.555 e. The van der Waals surface area contributed by atoms with Gasteiger partial charge in [-0.05, 0) is 18.8 Å². The monoisotopic (exact) mass is 192 g/mol. The Kier molecular flexibility index (Phi) is 13.0. The molecule has 1 aliphatic rings. The quantitative estimate of drug-likeness (QED) is 0.406. The minimum absolute atomic E-state index is 0. The van der Waals surface area contributed by atoms with Crippen molar-refractivity contribution in [3.8, 4) is 0 Å². The standard InChI is InChI=1S/C5H9O.BF3.K/c1-6-4-5-2-3-5;2-1(3)4;/h5H,1-4H2;;/q-1;;+1. The molecular weight excluding hydrogens is 183 g/mol. The van der Waals surface area contributed by atoms with Gasteiger partial charge in [0, 0.05) is 6.61 Å². The Morgan fingerprint density at radius 2 is 1.73 bits per heavy atom. The summed E-state index contributed by atoms with van der Waals surface area (Å²) in [5.74, 6) is 0.863. The van der Waals surface area contributed by atoms with Gasteiger partial charge in [0.25, 0.3) is 0 Å². The molecule has 0 spiro atoms. The van der Waals surface area contributed by atoms with Crippen LogP contribution in [-0.2, 0) is 4.74 Å². The molecule has 0 bridgehead atoms. The van der Waals surface area contributed by atoms with Gasteiger partial charge in [0.05, 0.1) is 0 Å². The third kappa shape index (κ3) is 18.4. The molecule has 11 heavy (non-hydrogen) atoms. The van der Waals surface area contributed by atoms with Crippen LogP contribution in [0.2, 0.25) is 0 Å². The Balaban J connectivity index is 0. The van der Waals surface area contributed by atoms with E-state index in [9.17, 15) is 12.9 Å². The van der Waals surface area contributed by atoms with Crippen molar-refractivity contribution in [3.05, 3.63) is 7.11 Å². The van der Waals surface area contributed by atoms with Crippen molar-refractivity contribution in [1.82, 2.24) is 0 Å². The van der Waals surface area contributed by atoms with Crippen LogP contribution in [0.25, 0.3) is 0 Å². The molecule has 0 amide bonds. The molecule has 0 aliphatic heterocycles. The minimum Gasteiger partial charge on any atom is -0.555 e. The van der Waals surface area contributed by atoms with Gasteiger partial charge in [0.15, 0.2) is 0 Å². The number of hydrogen-bond acceptors (Lipinski definition) is 1. The summed E-state index contributed by atoms with van der Waals surface area (Å²) in [6.45, 7) is 0.875. The van der Waals surface area contributed by atoms with Gasteiger partial charge in [-0.2, -0.15) is 0 Å². The molecule has 1 fully saturated rings. The van der Waals surface area contributed by atoms with E-state index in [1.165, 1.54) is 12.8 Å². The van der Waals surface area contributed by atoms with Crippen molar-refractivity contribution in [2.75, 3.05) is 6.61 Å². The number of hydrogen-bond donors (Lipinski definition) is 0. The van der Waals surface area contributed by atoms with Crippen LogP contribution in [0.5, 0.6) is 0 Å². The van der Waals surface area contributed by atoms with Gasteiger partial charge in [-0.3, -0.25) is 12.9 Å². The van der Waals surface area contributed by atoms with Gasteiger partial charge in [-0.25, -0.2) is 7.11 Å². The minimum atomic E-state index is -3.67. The van der Waals surface area contributed by atoms with E-state index >= 15 is 0 Å². The van der Waals surface area contributed by atoms with Gasteiger partial charge in [0.2, 0.25) is 0 Å². The molecule has 1 saturated carbocycles. The maximum Gasteiger partial charge on any atom is 1.00 e. The Morgan fingerprint density at radius 3 is 1.82 bits per heavy atom. The summed E-state index contributed by atoms with van der Waals surface area (Å²) in [7, 11) is -0.401. The topological polar surface area (TPSA) is 9.23 Å². The number of halogens is 3. The van der Waals surface area contributed by atoms with Gasteiger partial charge in [-0.15, -0.1) is 0 Å². The van der Waals surface area contributed by atoms with Crippen LogP contribution in [-0.4, -0.2) is 14.2 Å². The summed E-state index contributed by atoms with van der Waals surface area (Å²) in [6, 6.07) is 0. The second-order valence-electron chi connectivity index (χ2n) is 2.06. The van der Waals surface area contributed by atoms with Crippen molar-refractivity contribution in [3.63, 3.8) is 0 Å². The predicted molar refractivity (Wildman–Crippen MR) is 33.1 cm³/mol. The molecule has 1 aliphatic carbocycles. The van der Waals surface area contributed by atoms with Gasteiger partial charge in [0.1, 0.15) is 0 Å². The van der Waals surface area contributed by atoms with E-state index in [0.29, 0.717) is 0 Å². The Labute approximate surface area is 108 Å². The van der Waals surface area contributed by atoms with Crippen LogP contribution < -0.4 is 51.4 Å². The first-order valence-corrected chi connectivity index (χ1v) is 2.96. The summed E-state index contributed by atoms with van der Waals surface area (Å²) in [4.78, 5) is 0. The molecule has 0 aromatic carbocycles. The molecule has 0 saturated heterocycles. The Morgan fingerprint density at radius 1 is 1.36 bits per heavy atom. The van der Waals surface area contributed by atoms with Crippen molar-refractivity contribution < 1.29 is 69.1 Å². The molecule has 0 aromatic heterocycles. The van der Waals surface area contributed by atoms with Crippen LogP contribution in [0.3, 0.4) is 0 Å². The van der Waals surface area contributed by atoms with E-state index in [1.54, 1.807) is 0 Å². The van der Waals surface area contributed by atoms with E-state index in [0.717, 1.165) is 12.5 Å². The maximum atomic E-state index is 9.67. The van der Waals surface area contributed by atoms with Crippen LogP contribution in [0.4, 0.5) is 12.9 Å². The largest absolute Gasteiger partial charge is 1.00 e. The van der Waals surface area contributed by atoms with E-state index < -0.39 is 7.54 Å². The predicted octanol–water partition coefficient (Wildman–Crippen LogP) is -0.912. The second kappa shape index (κ2) is 9.54. The normalized spacial score (nSPS) is 14.2. The fraction of sp³-hybridized carbons (Fsp3) is 0.800. The first-order valence-electron chi connectivity index (χ1n) is 2.96. The van der Waals surface area contributed by atoms with Gasteiger partial charge >= 0.3 is 58.9 Å². The first-order chi connectivity index (χ1) is 4.66. The molecule has 0 aromatic rings. The maximum absolute atomic E-state index is 9.67. The molecule has 1 rings (SSSR count). The van der Waals surface area contributed by atoms with E-state index in [-0.39, 0.29) is 51.4 Å². The zero-order chi connectivity index (χ0) is 7.98. The van der Waals surface area contributed by atoms with Crippen molar-refractivity contribution in [2.45, 2.75) is 12.8 Å². The summed E-state index contributed by atoms with van der Waals surface area (Å²) in [6.07, 6.45) is 2.71. The molecular formula is C5H9BF3KO. The fourth-order valence-corrected chi connectivity index (χ4v) is 0.451. The summed E-state index contributed by atoms with van der Waals surface area (Å²) < 4.78 is 33.6. The summed E-state index contributed by atoms with van der Waals surface area (Å²) in [5, 5.41) is 0. The number of rotatable bonds is 2. The molecule has 6 heteroatoms. The summed E-state index contributed by atoms with van der Waals surface area (Å²) in [5.41, 5.74) is 0. The van der Waals surface area contributed by atoms with Gasteiger partial charge in [-0.1, -0.05) is 0 Å². The van der Waals surface area contributed by atoms with Crippen molar-refractivity contribution in [1.29, 1.82) is 0 Å². The van der Waals surface area contributed by atoms with Crippen molar-refractivity contribution >= 4 is 7.54 Å². The second-order valence-corrected chi connectivity index (χ2v) is 2.06. The number of ether oxygens (including phenoxy) is 1. The molecule has 0 N–H and O–H groups in total. The fourth-order valence-electron chi connectivity index (χ4n) is 0.451. The SMILES string of the molecule is FB(F)F.[CH2-]OCC1CC1.[K+]. The molecule has 0 atom stereocenters. The van der Waals surface area contributed by atoms with Crippen LogP contribution in [0, 0.1) is 13.0 Å². The van der Waals surface area contributed by atoms with Crippen molar-refractivity contribution in [2.24, 2.45) is 5.92 Å². The molecule has 0 heterocycles. The molecule has 1 nitrogen and oxygen atoms in total.